The number of aryl methyl sites for hydroxylation is 1. The van der Waals surface area contributed by atoms with E-state index in [0.717, 1.165) is 37.7 Å². The van der Waals surface area contributed by atoms with Gasteiger partial charge in [0.15, 0.2) is 0 Å². The summed E-state index contributed by atoms with van der Waals surface area (Å²) in [6.07, 6.45) is 5.08. The highest BCUT2D eigenvalue weighted by Crippen LogP contribution is 2.37. The number of thiophene rings is 1. The molecule has 2 aromatic carbocycles. The van der Waals surface area contributed by atoms with Crippen LogP contribution in [-0.2, 0) is 19.3 Å². The number of hydrogen-bond donors (Lipinski definition) is 1. The average molecular weight is 372 g/mol. The number of nitrogens with one attached hydrogen (secondary N) is 1. The molecule has 0 spiro atoms. The molecule has 3 aromatic rings. The summed E-state index contributed by atoms with van der Waals surface area (Å²) in [6, 6.07) is 20.3. The lowest BCUT2D eigenvalue weighted by atomic mass is 9.96. The van der Waals surface area contributed by atoms with Crippen LogP contribution in [0.5, 0.6) is 0 Å². The Balaban J connectivity index is 1.49. The summed E-state index contributed by atoms with van der Waals surface area (Å²) in [7, 11) is 0. The molecule has 0 bridgehead atoms. The second kappa shape index (κ2) is 7.77. The Kier molecular flexibility index (Phi) is 5.04. The van der Waals surface area contributed by atoms with Crippen molar-refractivity contribution in [1.29, 1.82) is 5.26 Å². The molecule has 1 aliphatic carbocycles. The topological polar surface area (TPSA) is 52.9 Å². The summed E-state index contributed by atoms with van der Waals surface area (Å²) < 4.78 is 0. The first-order chi connectivity index (χ1) is 13.2. The summed E-state index contributed by atoms with van der Waals surface area (Å²) >= 11 is 1.56. The third-order valence-corrected chi connectivity index (χ3v) is 6.18. The first kappa shape index (κ1) is 17.5. The molecule has 27 heavy (non-hydrogen) atoms. The summed E-state index contributed by atoms with van der Waals surface area (Å²) in [5.74, 6) is -0.156. The van der Waals surface area contributed by atoms with Crippen molar-refractivity contribution in [2.75, 3.05) is 5.32 Å². The van der Waals surface area contributed by atoms with Gasteiger partial charge in [0, 0.05) is 10.4 Å². The molecule has 0 saturated carbocycles. The Labute approximate surface area is 163 Å². The lowest BCUT2D eigenvalue weighted by molar-refractivity contribution is 0.102. The zero-order valence-corrected chi connectivity index (χ0v) is 15.8. The lowest BCUT2D eigenvalue weighted by Gasteiger charge is -2.09. The number of benzene rings is 2. The van der Waals surface area contributed by atoms with Crippen molar-refractivity contribution >= 4 is 22.2 Å². The van der Waals surface area contributed by atoms with Crippen molar-refractivity contribution in [3.05, 3.63) is 87.3 Å². The van der Waals surface area contributed by atoms with Crippen molar-refractivity contribution in [1.82, 2.24) is 0 Å². The van der Waals surface area contributed by atoms with E-state index in [4.69, 9.17) is 0 Å². The van der Waals surface area contributed by atoms with Gasteiger partial charge in [-0.15, -0.1) is 11.3 Å². The third-order valence-electron chi connectivity index (χ3n) is 4.98. The molecule has 134 valence electrons. The summed E-state index contributed by atoms with van der Waals surface area (Å²) in [5, 5.41) is 13.2. The van der Waals surface area contributed by atoms with E-state index in [2.05, 4.69) is 23.5 Å². The van der Waals surface area contributed by atoms with Crippen LogP contribution in [0.1, 0.15) is 50.3 Å². The maximum Gasteiger partial charge on any atom is 0.256 e. The molecule has 1 N–H and O–H groups in total. The van der Waals surface area contributed by atoms with Gasteiger partial charge in [-0.1, -0.05) is 42.5 Å². The van der Waals surface area contributed by atoms with Crippen molar-refractivity contribution < 1.29 is 4.79 Å². The number of nitriles is 1. The highest BCUT2D eigenvalue weighted by Gasteiger charge is 2.22. The van der Waals surface area contributed by atoms with Crippen LogP contribution in [0, 0.1) is 11.3 Å². The molecule has 4 heteroatoms. The van der Waals surface area contributed by atoms with Gasteiger partial charge < -0.3 is 5.32 Å². The zero-order chi connectivity index (χ0) is 18.6. The lowest BCUT2D eigenvalue weighted by Crippen LogP contribution is -2.12. The van der Waals surface area contributed by atoms with Crippen LogP contribution in [0.2, 0.25) is 0 Å². The van der Waals surface area contributed by atoms with Gasteiger partial charge >= 0.3 is 0 Å². The van der Waals surface area contributed by atoms with Crippen LogP contribution in [0.4, 0.5) is 5.00 Å². The second-order valence-corrected chi connectivity index (χ2v) is 7.95. The molecule has 0 saturated heterocycles. The number of hydrogen-bond acceptors (Lipinski definition) is 3. The van der Waals surface area contributed by atoms with Crippen LogP contribution in [0.15, 0.2) is 54.6 Å². The summed E-state index contributed by atoms with van der Waals surface area (Å²) in [4.78, 5) is 13.9. The maximum absolute atomic E-state index is 12.7. The van der Waals surface area contributed by atoms with E-state index in [9.17, 15) is 10.1 Å². The predicted octanol–water partition coefficient (Wildman–Crippen LogP) is 5.34. The predicted molar refractivity (Wildman–Crippen MR) is 109 cm³/mol. The van der Waals surface area contributed by atoms with Gasteiger partial charge in [0.1, 0.15) is 11.1 Å². The minimum atomic E-state index is -0.156. The van der Waals surface area contributed by atoms with E-state index >= 15 is 0 Å². The van der Waals surface area contributed by atoms with Crippen molar-refractivity contribution in [2.45, 2.75) is 32.1 Å². The molecular weight excluding hydrogens is 352 g/mol. The molecule has 4 rings (SSSR count). The maximum atomic E-state index is 12.7. The number of amides is 1. The minimum Gasteiger partial charge on any atom is -0.312 e. The number of fused-ring (bicyclic) bond motifs is 1. The largest absolute Gasteiger partial charge is 0.312 e. The van der Waals surface area contributed by atoms with Crippen LogP contribution in [-0.4, -0.2) is 5.91 Å². The van der Waals surface area contributed by atoms with Gasteiger partial charge in [-0.2, -0.15) is 5.26 Å². The Morgan fingerprint density at radius 2 is 1.70 bits per heavy atom. The smallest absolute Gasteiger partial charge is 0.256 e. The number of carbonyl (C=O) groups excluding carboxylic acids is 1. The second-order valence-electron chi connectivity index (χ2n) is 6.84. The Bertz CT molecular complexity index is 997. The van der Waals surface area contributed by atoms with E-state index in [1.165, 1.54) is 16.0 Å². The number of nitrogens with zero attached hydrogens (tertiary/aromatic N) is 1. The molecule has 1 aliphatic rings. The molecule has 0 fully saturated rings. The zero-order valence-electron chi connectivity index (χ0n) is 15.0. The van der Waals surface area contributed by atoms with E-state index in [1.54, 1.807) is 11.3 Å². The van der Waals surface area contributed by atoms with Gasteiger partial charge in [-0.05, 0) is 60.9 Å². The fourth-order valence-electron chi connectivity index (χ4n) is 3.55. The van der Waals surface area contributed by atoms with Crippen molar-refractivity contribution in [3.8, 4) is 6.07 Å². The fraction of sp³-hybridized carbons (Fsp3) is 0.217. The number of rotatable bonds is 4. The number of carbonyl (C=O) groups is 1. The van der Waals surface area contributed by atoms with E-state index < -0.39 is 0 Å². The van der Waals surface area contributed by atoms with Gasteiger partial charge in [0.05, 0.1) is 5.56 Å². The third kappa shape index (κ3) is 3.79. The molecule has 3 nitrogen and oxygen atoms in total. The van der Waals surface area contributed by atoms with Crippen LogP contribution in [0.3, 0.4) is 0 Å². The molecule has 0 unspecified atom stereocenters. The van der Waals surface area contributed by atoms with E-state index in [1.807, 2.05) is 42.5 Å². The van der Waals surface area contributed by atoms with Gasteiger partial charge in [-0.3, -0.25) is 4.79 Å². The molecule has 1 heterocycles. The molecular formula is C23H20N2OS. The normalized spacial score (nSPS) is 12.9. The van der Waals surface area contributed by atoms with Gasteiger partial charge in [0.2, 0.25) is 0 Å². The molecule has 0 atom stereocenters. The standard InChI is InChI=1S/C23H20N2OS/c24-15-20-19-8-4-5-9-21(19)27-23(20)25-22(26)18-12-10-17(11-13-18)14-16-6-2-1-3-7-16/h1-3,6-7,10-13H,4-5,8-9,14H2,(H,25,26). The summed E-state index contributed by atoms with van der Waals surface area (Å²) in [5.41, 5.74) is 4.83. The molecule has 1 aromatic heterocycles. The summed E-state index contributed by atoms with van der Waals surface area (Å²) in [6.45, 7) is 0. The Morgan fingerprint density at radius 1 is 1.00 bits per heavy atom. The highest BCUT2D eigenvalue weighted by molar-refractivity contribution is 7.16. The van der Waals surface area contributed by atoms with Crippen LogP contribution in [0.25, 0.3) is 0 Å². The highest BCUT2D eigenvalue weighted by atomic mass is 32.1. The SMILES string of the molecule is N#Cc1c(NC(=O)c2ccc(Cc3ccccc3)cc2)sc2c1CCCC2. The number of anilines is 1. The quantitative estimate of drug-likeness (QED) is 0.672. The van der Waals surface area contributed by atoms with Crippen molar-refractivity contribution in [2.24, 2.45) is 0 Å². The Hall–Kier alpha value is -2.90. The van der Waals surface area contributed by atoms with E-state index in [0.29, 0.717) is 16.1 Å². The minimum absolute atomic E-state index is 0.156. The van der Waals surface area contributed by atoms with E-state index in [-0.39, 0.29) is 5.91 Å². The van der Waals surface area contributed by atoms with Crippen LogP contribution >= 0.6 is 11.3 Å². The average Bonchev–Trinajstić information content (AvgIpc) is 3.06. The monoisotopic (exact) mass is 372 g/mol. The Morgan fingerprint density at radius 3 is 2.44 bits per heavy atom. The first-order valence-electron chi connectivity index (χ1n) is 9.23. The first-order valence-corrected chi connectivity index (χ1v) is 10.0. The molecule has 0 aliphatic heterocycles. The van der Waals surface area contributed by atoms with Gasteiger partial charge in [-0.25, -0.2) is 0 Å². The fourth-order valence-corrected chi connectivity index (χ4v) is 4.79. The van der Waals surface area contributed by atoms with Crippen LogP contribution < -0.4 is 5.32 Å². The van der Waals surface area contributed by atoms with Crippen molar-refractivity contribution in [3.63, 3.8) is 0 Å². The van der Waals surface area contributed by atoms with Gasteiger partial charge in [0.25, 0.3) is 5.91 Å². The molecule has 0 radical (unpaired) electrons. The molecule has 1 amide bonds.